The van der Waals surface area contributed by atoms with E-state index in [-0.39, 0.29) is 11.6 Å². The van der Waals surface area contributed by atoms with Gasteiger partial charge in [-0.15, -0.1) is 0 Å². The Bertz CT molecular complexity index is 354. The van der Waals surface area contributed by atoms with Gasteiger partial charge in [0.1, 0.15) is 0 Å². The van der Waals surface area contributed by atoms with Crippen molar-refractivity contribution in [2.75, 3.05) is 0 Å². The summed E-state index contributed by atoms with van der Waals surface area (Å²) < 4.78 is 0. The lowest BCUT2D eigenvalue weighted by molar-refractivity contribution is -0.136. The van der Waals surface area contributed by atoms with Crippen LogP contribution >= 0.6 is 0 Å². The van der Waals surface area contributed by atoms with Gasteiger partial charge in [-0.05, 0) is 24.8 Å². The Morgan fingerprint density at radius 3 is 2.12 bits per heavy atom. The zero-order valence-corrected chi connectivity index (χ0v) is 10.4. The number of hydrogen-bond donors (Lipinski definition) is 0. The SMILES string of the molecule is CCCCC(=O)C(=O)CCCc1ccccc1. The normalized spacial score (nSPS) is 10.2. The van der Waals surface area contributed by atoms with E-state index in [0.717, 1.165) is 25.7 Å². The maximum absolute atomic E-state index is 11.5. The molecule has 0 saturated carbocycles. The lowest BCUT2D eigenvalue weighted by Crippen LogP contribution is -2.13. The van der Waals surface area contributed by atoms with Gasteiger partial charge in [0, 0.05) is 12.8 Å². The van der Waals surface area contributed by atoms with Crippen LogP contribution in [0.25, 0.3) is 0 Å². The van der Waals surface area contributed by atoms with Gasteiger partial charge in [0.25, 0.3) is 0 Å². The molecule has 17 heavy (non-hydrogen) atoms. The van der Waals surface area contributed by atoms with Gasteiger partial charge in [0.2, 0.25) is 0 Å². The molecule has 0 aliphatic heterocycles. The molecular weight excluding hydrogens is 212 g/mol. The Hall–Kier alpha value is -1.44. The van der Waals surface area contributed by atoms with Crippen LogP contribution in [0.1, 0.15) is 44.6 Å². The van der Waals surface area contributed by atoms with Crippen LogP contribution in [-0.2, 0) is 16.0 Å². The van der Waals surface area contributed by atoms with Gasteiger partial charge in [0.15, 0.2) is 11.6 Å². The Kier molecular flexibility index (Phi) is 6.23. The van der Waals surface area contributed by atoms with Gasteiger partial charge in [-0.25, -0.2) is 0 Å². The molecule has 0 atom stereocenters. The Labute approximate surface area is 103 Å². The van der Waals surface area contributed by atoms with Gasteiger partial charge in [-0.2, -0.15) is 0 Å². The average molecular weight is 232 g/mol. The molecule has 0 amide bonds. The molecule has 0 N–H and O–H groups in total. The number of rotatable bonds is 8. The van der Waals surface area contributed by atoms with Gasteiger partial charge in [-0.3, -0.25) is 9.59 Å². The fraction of sp³-hybridized carbons (Fsp3) is 0.467. The van der Waals surface area contributed by atoms with E-state index < -0.39 is 0 Å². The van der Waals surface area contributed by atoms with E-state index in [1.54, 1.807) is 0 Å². The molecule has 2 heteroatoms. The molecule has 0 spiro atoms. The van der Waals surface area contributed by atoms with E-state index in [2.05, 4.69) is 0 Å². The first kappa shape index (κ1) is 13.6. The van der Waals surface area contributed by atoms with Gasteiger partial charge in [0.05, 0.1) is 0 Å². The number of Topliss-reactive ketones (excluding diaryl/α,β-unsaturated/α-hetero) is 2. The lowest BCUT2D eigenvalue weighted by Gasteiger charge is -2.01. The van der Waals surface area contributed by atoms with Crippen LogP contribution in [0.5, 0.6) is 0 Å². The summed E-state index contributed by atoms with van der Waals surface area (Å²) in [4.78, 5) is 22.9. The quantitative estimate of drug-likeness (QED) is 0.644. The summed E-state index contributed by atoms with van der Waals surface area (Å²) in [5.41, 5.74) is 1.22. The van der Waals surface area contributed by atoms with Gasteiger partial charge >= 0.3 is 0 Å². The van der Waals surface area contributed by atoms with Crippen molar-refractivity contribution in [2.24, 2.45) is 0 Å². The maximum Gasteiger partial charge on any atom is 0.198 e. The first-order valence-corrected chi connectivity index (χ1v) is 6.34. The maximum atomic E-state index is 11.5. The highest BCUT2D eigenvalue weighted by Gasteiger charge is 2.11. The fourth-order valence-corrected chi connectivity index (χ4v) is 1.71. The van der Waals surface area contributed by atoms with Crippen molar-refractivity contribution in [2.45, 2.75) is 45.4 Å². The predicted molar refractivity (Wildman–Crippen MR) is 68.9 cm³/mol. The summed E-state index contributed by atoms with van der Waals surface area (Å²) in [5.74, 6) is -0.394. The number of benzene rings is 1. The largest absolute Gasteiger partial charge is 0.291 e. The van der Waals surface area contributed by atoms with Crippen molar-refractivity contribution < 1.29 is 9.59 Å². The number of carbonyl (C=O) groups is 2. The summed E-state index contributed by atoms with van der Waals surface area (Å²) in [6.45, 7) is 2.02. The highest BCUT2D eigenvalue weighted by molar-refractivity contribution is 6.37. The van der Waals surface area contributed by atoms with Crippen molar-refractivity contribution in [3.63, 3.8) is 0 Å². The molecule has 0 aromatic heterocycles. The third-order valence-corrected chi connectivity index (χ3v) is 2.78. The van der Waals surface area contributed by atoms with Crippen LogP contribution in [0.4, 0.5) is 0 Å². The van der Waals surface area contributed by atoms with Gasteiger partial charge in [-0.1, -0.05) is 43.7 Å². The molecule has 1 aromatic carbocycles. The number of hydrogen-bond acceptors (Lipinski definition) is 2. The second-order valence-electron chi connectivity index (χ2n) is 4.29. The highest BCUT2D eigenvalue weighted by atomic mass is 16.2. The van der Waals surface area contributed by atoms with Crippen LogP contribution in [-0.4, -0.2) is 11.6 Å². The molecule has 0 bridgehead atoms. The minimum atomic E-state index is -0.200. The van der Waals surface area contributed by atoms with E-state index in [1.807, 2.05) is 37.3 Å². The molecule has 0 radical (unpaired) electrons. The molecule has 0 aliphatic rings. The summed E-state index contributed by atoms with van der Waals surface area (Å²) >= 11 is 0. The molecule has 0 fully saturated rings. The molecule has 0 aliphatic carbocycles. The molecule has 0 saturated heterocycles. The van der Waals surface area contributed by atoms with E-state index in [1.165, 1.54) is 5.56 Å². The molecule has 92 valence electrons. The third kappa shape index (κ3) is 5.43. The van der Waals surface area contributed by atoms with Crippen molar-refractivity contribution in [1.29, 1.82) is 0 Å². The van der Waals surface area contributed by atoms with Crippen LogP contribution in [0.2, 0.25) is 0 Å². The van der Waals surface area contributed by atoms with Crippen LogP contribution < -0.4 is 0 Å². The molecule has 0 heterocycles. The molecule has 0 unspecified atom stereocenters. The monoisotopic (exact) mass is 232 g/mol. The van der Waals surface area contributed by atoms with Crippen molar-refractivity contribution in [3.05, 3.63) is 35.9 Å². The number of ketones is 2. The van der Waals surface area contributed by atoms with Crippen LogP contribution in [0, 0.1) is 0 Å². The summed E-state index contributed by atoms with van der Waals surface area (Å²) in [6.07, 6.45) is 4.22. The standard InChI is InChI=1S/C15H20O2/c1-2-3-11-14(16)15(17)12-7-10-13-8-5-4-6-9-13/h4-6,8-9H,2-3,7,10-12H2,1H3. The smallest absolute Gasteiger partial charge is 0.198 e. The van der Waals surface area contributed by atoms with Crippen molar-refractivity contribution in [1.82, 2.24) is 0 Å². The van der Waals surface area contributed by atoms with E-state index in [4.69, 9.17) is 0 Å². The number of aryl methyl sites for hydroxylation is 1. The Balaban J connectivity index is 2.22. The Morgan fingerprint density at radius 2 is 1.53 bits per heavy atom. The van der Waals surface area contributed by atoms with E-state index in [0.29, 0.717) is 12.8 Å². The third-order valence-electron chi connectivity index (χ3n) is 2.78. The Morgan fingerprint density at radius 1 is 0.941 bits per heavy atom. The fourth-order valence-electron chi connectivity index (χ4n) is 1.71. The van der Waals surface area contributed by atoms with E-state index >= 15 is 0 Å². The molecular formula is C15H20O2. The zero-order chi connectivity index (χ0) is 12.5. The van der Waals surface area contributed by atoms with E-state index in [9.17, 15) is 9.59 Å². The molecule has 1 aromatic rings. The lowest BCUT2D eigenvalue weighted by atomic mass is 10.0. The average Bonchev–Trinajstić information content (AvgIpc) is 2.37. The van der Waals surface area contributed by atoms with Crippen molar-refractivity contribution >= 4 is 11.6 Å². The summed E-state index contributed by atoms with van der Waals surface area (Å²) in [6, 6.07) is 10.0. The molecule has 2 nitrogen and oxygen atoms in total. The highest BCUT2D eigenvalue weighted by Crippen LogP contribution is 2.06. The molecule has 1 rings (SSSR count). The van der Waals surface area contributed by atoms with Gasteiger partial charge < -0.3 is 0 Å². The van der Waals surface area contributed by atoms with Crippen LogP contribution in [0.3, 0.4) is 0 Å². The zero-order valence-electron chi connectivity index (χ0n) is 10.4. The second kappa shape index (κ2) is 7.77. The minimum absolute atomic E-state index is 0.195. The minimum Gasteiger partial charge on any atom is -0.291 e. The number of unbranched alkanes of at least 4 members (excludes halogenated alkanes) is 1. The summed E-state index contributed by atoms with van der Waals surface area (Å²) in [7, 11) is 0. The van der Waals surface area contributed by atoms with Crippen LogP contribution in [0.15, 0.2) is 30.3 Å². The first-order valence-electron chi connectivity index (χ1n) is 6.34. The first-order chi connectivity index (χ1) is 8.24. The van der Waals surface area contributed by atoms with Crippen molar-refractivity contribution in [3.8, 4) is 0 Å². The second-order valence-corrected chi connectivity index (χ2v) is 4.29. The number of carbonyl (C=O) groups excluding carboxylic acids is 2. The topological polar surface area (TPSA) is 34.1 Å². The predicted octanol–water partition coefficient (Wildman–Crippen LogP) is 3.34. The summed E-state index contributed by atoms with van der Waals surface area (Å²) in [5, 5.41) is 0.